The molecule has 0 amide bonds. The summed E-state index contributed by atoms with van der Waals surface area (Å²) in [6, 6.07) is 31.4. The maximum atomic E-state index is 3.57. The summed E-state index contributed by atoms with van der Waals surface area (Å²) >= 11 is 3.57. The highest BCUT2D eigenvalue weighted by molar-refractivity contribution is 9.10. The van der Waals surface area contributed by atoms with Crippen molar-refractivity contribution in [3.05, 3.63) is 95.0 Å². The lowest BCUT2D eigenvalue weighted by atomic mass is 9.89. The van der Waals surface area contributed by atoms with E-state index < -0.39 is 0 Å². The Morgan fingerprint density at radius 2 is 1.18 bits per heavy atom. The molecule has 0 aliphatic rings. The van der Waals surface area contributed by atoms with Crippen LogP contribution < -0.4 is 0 Å². The molecule has 6 rings (SSSR count). The third kappa shape index (κ3) is 2.30. The van der Waals surface area contributed by atoms with E-state index in [-0.39, 0.29) is 0 Å². The first-order valence-corrected chi connectivity index (χ1v) is 10.3. The molecule has 0 aromatic heterocycles. The normalized spacial score (nSPS) is 11.9. The molecule has 6 aromatic rings. The Labute approximate surface area is 171 Å². The smallest absolute Gasteiger partial charge is 0.0181 e. The fourth-order valence-corrected chi connectivity index (χ4v) is 4.99. The minimum absolute atomic E-state index is 1.12. The predicted octanol–water partition coefficient (Wildman–Crippen LogP) is 8.48. The molecule has 0 heterocycles. The van der Waals surface area contributed by atoms with Gasteiger partial charge in [0.25, 0.3) is 0 Å². The molecule has 0 bridgehead atoms. The summed E-state index contributed by atoms with van der Waals surface area (Å²) in [5.41, 5.74) is 3.88. The molecule has 0 spiro atoms. The number of halogens is 1. The highest BCUT2D eigenvalue weighted by Gasteiger charge is 2.12. The fraction of sp³-hybridized carbons (Fsp3) is 0.0370. The number of rotatable bonds is 1. The van der Waals surface area contributed by atoms with Crippen molar-refractivity contribution in [1.82, 2.24) is 0 Å². The van der Waals surface area contributed by atoms with Crippen LogP contribution in [0.2, 0.25) is 0 Å². The van der Waals surface area contributed by atoms with Gasteiger partial charge in [0.05, 0.1) is 0 Å². The van der Waals surface area contributed by atoms with E-state index in [0.29, 0.717) is 0 Å². The van der Waals surface area contributed by atoms with Crippen LogP contribution in [0.5, 0.6) is 0 Å². The van der Waals surface area contributed by atoms with Crippen LogP contribution in [0.15, 0.2) is 89.4 Å². The van der Waals surface area contributed by atoms with Crippen LogP contribution in [0, 0.1) is 6.92 Å². The number of hydrogen-bond donors (Lipinski definition) is 0. The van der Waals surface area contributed by atoms with Gasteiger partial charge in [0.2, 0.25) is 0 Å². The predicted molar refractivity (Wildman–Crippen MR) is 126 cm³/mol. The Hall–Kier alpha value is -2.90. The Morgan fingerprint density at radius 3 is 2.04 bits per heavy atom. The molecule has 0 saturated carbocycles. The van der Waals surface area contributed by atoms with Crippen molar-refractivity contribution < 1.29 is 0 Å². The second-order valence-corrected chi connectivity index (χ2v) is 8.60. The maximum absolute atomic E-state index is 3.57. The van der Waals surface area contributed by atoms with Crippen LogP contribution in [0.25, 0.3) is 54.2 Å². The van der Waals surface area contributed by atoms with Crippen molar-refractivity contribution in [2.24, 2.45) is 0 Å². The van der Waals surface area contributed by atoms with Gasteiger partial charge in [-0.15, -0.1) is 0 Å². The van der Waals surface area contributed by atoms with E-state index in [0.717, 1.165) is 4.47 Å². The Balaban J connectivity index is 1.71. The first-order chi connectivity index (χ1) is 13.7. The van der Waals surface area contributed by atoms with E-state index in [2.05, 4.69) is 108 Å². The number of hydrogen-bond acceptors (Lipinski definition) is 0. The quantitative estimate of drug-likeness (QED) is 0.234. The van der Waals surface area contributed by atoms with Gasteiger partial charge in [0, 0.05) is 4.47 Å². The van der Waals surface area contributed by atoms with Crippen LogP contribution in [-0.4, -0.2) is 0 Å². The van der Waals surface area contributed by atoms with Crippen molar-refractivity contribution in [3.63, 3.8) is 0 Å². The van der Waals surface area contributed by atoms with Crippen molar-refractivity contribution >= 4 is 59.0 Å². The van der Waals surface area contributed by atoms with Gasteiger partial charge in [-0.2, -0.15) is 0 Å². The minimum atomic E-state index is 1.12. The van der Waals surface area contributed by atoms with Crippen LogP contribution in [0.4, 0.5) is 0 Å². The standard InChI is InChI=1S/C27H17Br/c1-16-12-21-5-2-17-7-10-24(25-11-8-22(13-16)26(21)27(17)25)20-4-3-19-15-23(28)9-6-18(19)14-20/h2-15H,1H3. The first-order valence-electron chi connectivity index (χ1n) is 9.55. The zero-order chi connectivity index (χ0) is 18.8. The molecule has 0 aliphatic heterocycles. The monoisotopic (exact) mass is 420 g/mol. The summed E-state index contributed by atoms with van der Waals surface area (Å²) in [6.07, 6.45) is 0. The highest BCUT2D eigenvalue weighted by atomic mass is 79.9. The molecule has 0 saturated heterocycles. The summed E-state index contributed by atoms with van der Waals surface area (Å²) in [7, 11) is 0. The molecular formula is C27H17Br. The SMILES string of the molecule is Cc1cc2ccc3ccc(-c4ccc5cc(Br)ccc5c4)c4ccc(c1)c2c34. The molecule has 0 nitrogen and oxygen atoms in total. The van der Waals surface area contributed by atoms with Crippen LogP contribution in [0.1, 0.15) is 5.56 Å². The second kappa shape index (κ2) is 5.80. The van der Waals surface area contributed by atoms with Crippen molar-refractivity contribution in [3.8, 4) is 11.1 Å². The molecule has 0 unspecified atom stereocenters. The van der Waals surface area contributed by atoms with Gasteiger partial charge in [0.1, 0.15) is 0 Å². The fourth-order valence-electron chi connectivity index (χ4n) is 4.61. The third-order valence-corrected chi connectivity index (χ3v) is 6.35. The van der Waals surface area contributed by atoms with Crippen LogP contribution in [-0.2, 0) is 0 Å². The molecule has 0 aliphatic carbocycles. The number of fused-ring (bicyclic) bond motifs is 1. The van der Waals surface area contributed by atoms with Crippen molar-refractivity contribution in [2.75, 3.05) is 0 Å². The largest absolute Gasteiger partial charge is 0.0537 e. The third-order valence-electron chi connectivity index (χ3n) is 5.86. The summed E-state index contributed by atoms with van der Waals surface area (Å²) in [6.45, 7) is 2.17. The Bertz CT molecular complexity index is 1510. The van der Waals surface area contributed by atoms with Crippen molar-refractivity contribution in [1.29, 1.82) is 0 Å². The van der Waals surface area contributed by atoms with E-state index in [1.54, 1.807) is 0 Å². The van der Waals surface area contributed by atoms with Gasteiger partial charge in [-0.25, -0.2) is 0 Å². The molecule has 132 valence electrons. The molecule has 0 atom stereocenters. The van der Waals surface area contributed by atoms with Gasteiger partial charge in [0.15, 0.2) is 0 Å². The molecular weight excluding hydrogens is 404 g/mol. The van der Waals surface area contributed by atoms with Gasteiger partial charge in [-0.1, -0.05) is 82.7 Å². The van der Waals surface area contributed by atoms with E-state index >= 15 is 0 Å². The lowest BCUT2D eigenvalue weighted by Gasteiger charge is -2.15. The van der Waals surface area contributed by atoms with E-state index in [1.807, 2.05) is 0 Å². The first kappa shape index (κ1) is 16.1. The summed E-state index contributed by atoms with van der Waals surface area (Å²) in [5.74, 6) is 0. The number of benzene rings is 6. The topological polar surface area (TPSA) is 0 Å². The molecule has 0 fully saturated rings. The highest BCUT2D eigenvalue weighted by Crippen LogP contribution is 2.40. The number of aryl methyl sites for hydroxylation is 1. The average Bonchev–Trinajstić information content (AvgIpc) is 2.71. The minimum Gasteiger partial charge on any atom is -0.0537 e. The van der Waals surface area contributed by atoms with E-state index in [9.17, 15) is 0 Å². The molecule has 0 N–H and O–H groups in total. The van der Waals surface area contributed by atoms with Gasteiger partial charge in [-0.3, -0.25) is 0 Å². The summed E-state index contributed by atoms with van der Waals surface area (Å²) in [5, 5.41) is 10.6. The Morgan fingerprint density at radius 1 is 0.536 bits per heavy atom. The second-order valence-electron chi connectivity index (χ2n) is 7.68. The Kier molecular flexibility index (Phi) is 3.33. The zero-order valence-electron chi connectivity index (χ0n) is 15.5. The van der Waals surface area contributed by atoms with Gasteiger partial charge < -0.3 is 0 Å². The van der Waals surface area contributed by atoms with E-state index in [1.165, 1.54) is 59.8 Å². The lowest BCUT2D eigenvalue weighted by molar-refractivity contribution is 1.52. The molecule has 1 heteroatoms. The molecule has 28 heavy (non-hydrogen) atoms. The summed E-state index contributed by atoms with van der Waals surface area (Å²) in [4.78, 5) is 0. The molecule has 0 radical (unpaired) electrons. The maximum Gasteiger partial charge on any atom is 0.0181 e. The van der Waals surface area contributed by atoms with Crippen LogP contribution >= 0.6 is 15.9 Å². The van der Waals surface area contributed by atoms with E-state index in [4.69, 9.17) is 0 Å². The average molecular weight is 421 g/mol. The van der Waals surface area contributed by atoms with Gasteiger partial charge >= 0.3 is 0 Å². The lowest BCUT2D eigenvalue weighted by Crippen LogP contribution is -1.88. The summed E-state index contributed by atoms with van der Waals surface area (Å²) < 4.78 is 1.12. The van der Waals surface area contributed by atoms with Crippen LogP contribution in [0.3, 0.4) is 0 Å². The van der Waals surface area contributed by atoms with Crippen molar-refractivity contribution in [2.45, 2.75) is 6.92 Å². The van der Waals surface area contributed by atoms with Gasteiger partial charge in [-0.05, 0) is 84.9 Å². The zero-order valence-corrected chi connectivity index (χ0v) is 17.0. The molecule has 6 aromatic carbocycles.